The maximum atomic E-state index is 13.8. The van der Waals surface area contributed by atoms with E-state index in [0.717, 1.165) is 18.9 Å². The average Bonchev–Trinajstić information content (AvgIpc) is 3.47. The first kappa shape index (κ1) is 16.1. The molecule has 1 amide bonds. The topological polar surface area (TPSA) is 36.4 Å². The van der Waals surface area contributed by atoms with Crippen molar-refractivity contribution in [1.82, 2.24) is 9.88 Å². The second kappa shape index (κ2) is 6.47. The monoisotopic (exact) mass is 339 g/mol. The molecule has 5 heteroatoms. The fourth-order valence-corrected chi connectivity index (χ4v) is 3.49. The van der Waals surface area contributed by atoms with Crippen molar-refractivity contribution in [2.75, 3.05) is 31.1 Å². The van der Waals surface area contributed by atoms with E-state index in [4.69, 9.17) is 0 Å². The summed E-state index contributed by atoms with van der Waals surface area (Å²) in [5, 5.41) is 0. The van der Waals surface area contributed by atoms with E-state index in [0.29, 0.717) is 19.0 Å². The number of hydrogen-bond donors (Lipinski definition) is 0. The normalized spacial score (nSPS) is 17.7. The van der Waals surface area contributed by atoms with E-state index in [-0.39, 0.29) is 11.5 Å². The van der Waals surface area contributed by atoms with Crippen molar-refractivity contribution in [2.45, 2.75) is 25.7 Å². The molecule has 2 fully saturated rings. The summed E-state index contributed by atoms with van der Waals surface area (Å²) in [6.07, 6.45) is 4.55. The second-order valence-electron chi connectivity index (χ2n) is 6.94. The third-order valence-electron chi connectivity index (χ3n) is 5.09. The molecule has 4 rings (SSSR count). The zero-order valence-electron chi connectivity index (χ0n) is 14.4. The van der Waals surface area contributed by atoms with E-state index in [1.165, 1.54) is 30.0 Å². The fourth-order valence-electron chi connectivity index (χ4n) is 3.49. The van der Waals surface area contributed by atoms with Gasteiger partial charge in [-0.05, 0) is 48.9 Å². The number of halogens is 1. The SMILES string of the molecule is Cc1cc(C2CC2)cnc1N1CCN(C(=O)c2ccccc2F)CC1. The van der Waals surface area contributed by atoms with Crippen LogP contribution in [0.1, 0.15) is 40.2 Å². The molecule has 2 heterocycles. The molecule has 130 valence electrons. The lowest BCUT2D eigenvalue weighted by Gasteiger charge is -2.36. The number of benzene rings is 1. The minimum atomic E-state index is -0.455. The number of aromatic nitrogens is 1. The van der Waals surface area contributed by atoms with Gasteiger partial charge in [0.15, 0.2) is 0 Å². The minimum Gasteiger partial charge on any atom is -0.353 e. The molecular weight excluding hydrogens is 317 g/mol. The van der Waals surface area contributed by atoms with E-state index in [9.17, 15) is 9.18 Å². The molecule has 0 N–H and O–H groups in total. The van der Waals surface area contributed by atoms with Gasteiger partial charge in [-0.3, -0.25) is 4.79 Å². The first-order valence-corrected chi connectivity index (χ1v) is 8.89. The van der Waals surface area contributed by atoms with E-state index in [1.807, 2.05) is 6.20 Å². The molecule has 0 radical (unpaired) electrons. The van der Waals surface area contributed by atoms with Crippen LogP contribution in [0, 0.1) is 12.7 Å². The highest BCUT2D eigenvalue weighted by Crippen LogP contribution is 2.40. The number of rotatable bonds is 3. The number of hydrogen-bond acceptors (Lipinski definition) is 3. The Bertz CT molecular complexity index is 795. The van der Waals surface area contributed by atoms with E-state index >= 15 is 0 Å². The Morgan fingerprint density at radius 1 is 1.16 bits per heavy atom. The van der Waals surface area contributed by atoms with Crippen LogP contribution in [0.4, 0.5) is 10.2 Å². The summed E-state index contributed by atoms with van der Waals surface area (Å²) in [5.74, 6) is 1.02. The molecular formula is C20H22FN3O. The summed E-state index contributed by atoms with van der Waals surface area (Å²) in [5.41, 5.74) is 2.69. The van der Waals surface area contributed by atoms with Crippen LogP contribution in [-0.4, -0.2) is 42.0 Å². The number of carbonyl (C=O) groups excluding carboxylic acids is 1. The predicted octanol–water partition coefficient (Wildman–Crippen LogP) is 3.37. The number of pyridine rings is 1. The largest absolute Gasteiger partial charge is 0.353 e. The molecule has 1 aliphatic heterocycles. The fraction of sp³-hybridized carbons (Fsp3) is 0.400. The van der Waals surface area contributed by atoms with Crippen LogP contribution in [-0.2, 0) is 0 Å². The first-order valence-electron chi connectivity index (χ1n) is 8.89. The third kappa shape index (κ3) is 3.23. The Balaban J connectivity index is 1.43. The van der Waals surface area contributed by atoms with Gasteiger partial charge >= 0.3 is 0 Å². The van der Waals surface area contributed by atoms with Crippen LogP contribution < -0.4 is 4.90 Å². The lowest BCUT2D eigenvalue weighted by Crippen LogP contribution is -2.49. The molecule has 1 aliphatic carbocycles. The maximum absolute atomic E-state index is 13.8. The Kier molecular flexibility index (Phi) is 4.15. The molecule has 1 saturated carbocycles. The van der Waals surface area contributed by atoms with Crippen molar-refractivity contribution in [2.24, 2.45) is 0 Å². The van der Waals surface area contributed by atoms with Gasteiger partial charge in [0.25, 0.3) is 5.91 Å². The molecule has 1 saturated heterocycles. The number of carbonyl (C=O) groups is 1. The standard InChI is InChI=1S/C20H22FN3O/c1-14-12-16(15-6-7-15)13-22-19(14)23-8-10-24(11-9-23)20(25)17-4-2-3-5-18(17)21/h2-5,12-13,15H,6-11H2,1H3. The molecule has 4 nitrogen and oxygen atoms in total. The molecule has 2 aromatic rings. The number of anilines is 1. The summed E-state index contributed by atoms with van der Waals surface area (Å²) < 4.78 is 13.8. The molecule has 0 atom stereocenters. The van der Waals surface area contributed by atoms with Crippen LogP contribution in [0.25, 0.3) is 0 Å². The van der Waals surface area contributed by atoms with Crippen LogP contribution in [0.3, 0.4) is 0 Å². The van der Waals surface area contributed by atoms with Crippen molar-refractivity contribution in [1.29, 1.82) is 0 Å². The minimum absolute atomic E-state index is 0.152. The Morgan fingerprint density at radius 2 is 1.88 bits per heavy atom. The molecule has 1 aromatic carbocycles. The number of aryl methyl sites for hydroxylation is 1. The van der Waals surface area contributed by atoms with Crippen molar-refractivity contribution < 1.29 is 9.18 Å². The van der Waals surface area contributed by atoms with Gasteiger partial charge in [-0.15, -0.1) is 0 Å². The predicted molar refractivity (Wildman–Crippen MR) is 95.5 cm³/mol. The molecule has 2 aliphatic rings. The summed E-state index contributed by atoms with van der Waals surface area (Å²) >= 11 is 0. The highest BCUT2D eigenvalue weighted by molar-refractivity contribution is 5.94. The van der Waals surface area contributed by atoms with Crippen LogP contribution >= 0.6 is 0 Å². The third-order valence-corrected chi connectivity index (χ3v) is 5.09. The van der Waals surface area contributed by atoms with Gasteiger partial charge in [-0.25, -0.2) is 9.37 Å². The Hall–Kier alpha value is -2.43. The smallest absolute Gasteiger partial charge is 0.256 e. The lowest BCUT2D eigenvalue weighted by molar-refractivity contribution is 0.0742. The Morgan fingerprint density at radius 3 is 2.52 bits per heavy atom. The first-order chi connectivity index (χ1) is 12.1. The van der Waals surface area contributed by atoms with Gasteiger partial charge in [0, 0.05) is 32.4 Å². The quantitative estimate of drug-likeness (QED) is 0.860. The van der Waals surface area contributed by atoms with Gasteiger partial charge in [0.05, 0.1) is 5.56 Å². The highest BCUT2D eigenvalue weighted by atomic mass is 19.1. The van der Waals surface area contributed by atoms with Crippen LogP contribution in [0.2, 0.25) is 0 Å². The van der Waals surface area contributed by atoms with Gasteiger partial charge in [0.1, 0.15) is 11.6 Å². The van der Waals surface area contributed by atoms with E-state index in [2.05, 4.69) is 22.9 Å². The van der Waals surface area contributed by atoms with Gasteiger partial charge < -0.3 is 9.80 Å². The van der Waals surface area contributed by atoms with Gasteiger partial charge in [0.2, 0.25) is 0 Å². The highest BCUT2D eigenvalue weighted by Gasteiger charge is 2.27. The van der Waals surface area contributed by atoms with Crippen molar-refractivity contribution in [3.05, 3.63) is 59.0 Å². The average molecular weight is 339 g/mol. The van der Waals surface area contributed by atoms with E-state index in [1.54, 1.807) is 23.1 Å². The summed E-state index contributed by atoms with van der Waals surface area (Å²) in [7, 11) is 0. The van der Waals surface area contributed by atoms with Gasteiger partial charge in [-0.2, -0.15) is 0 Å². The number of amides is 1. The van der Waals surface area contributed by atoms with Crippen LogP contribution in [0.5, 0.6) is 0 Å². The molecule has 25 heavy (non-hydrogen) atoms. The zero-order valence-corrected chi connectivity index (χ0v) is 14.4. The van der Waals surface area contributed by atoms with Crippen molar-refractivity contribution in [3.8, 4) is 0 Å². The lowest BCUT2D eigenvalue weighted by atomic mass is 10.1. The van der Waals surface area contributed by atoms with E-state index < -0.39 is 5.82 Å². The van der Waals surface area contributed by atoms with Crippen molar-refractivity contribution >= 4 is 11.7 Å². The molecule has 0 unspecified atom stereocenters. The summed E-state index contributed by atoms with van der Waals surface area (Å²) in [4.78, 5) is 21.1. The Labute approximate surface area is 147 Å². The molecule has 1 aromatic heterocycles. The number of nitrogens with zero attached hydrogens (tertiary/aromatic N) is 3. The second-order valence-corrected chi connectivity index (χ2v) is 6.94. The molecule has 0 spiro atoms. The molecule has 0 bridgehead atoms. The zero-order chi connectivity index (χ0) is 17.4. The number of piperazine rings is 1. The van der Waals surface area contributed by atoms with Crippen molar-refractivity contribution in [3.63, 3.8) is 0 Å². The summed E-state index contributed by atoms with van der Waals surface area (Å²) in [6, 6.07) is 8.42. The summed E-state index contributed by atoms with van der Waals surface area (Å²) in [6.45, 7) is 4.70. The van der Waals surface area contributed by atoms with Gasteiger partial charge in [-0.1, -0.05) is 18.2 Å². The maximum Gasteiger partial charge on any atom is 0.256 e. The van der Waals surface area contributed by atoms with Crippen LogP contribution in [0.15, 0.2) is 36.5 Å².